The molecule has 1 aliphatic heterocycles. The monoisotopic (exact) mass is 264 g/mol. The third kappa shape index (κ3) is 3.63. The lowest BCUT2D eigenvalue weighted by Gasteiger charge is -2.11. The Morgan fingerprint density at radius 2 is 2.39 bits per heavy atom. The van der Waals surface area contributed by atoms with E-state index in [1.54, 1.807) is 18.2 Å². The lowest BCUT2D eigenvalue weighted by atomic mass is 10.1. The smallest absolute Gasteiger partial charge is 0.101 e. The van der Waals surface area contributed by atoms with Crippen LogP contribution in [0.4, 0.5) is 5.69 Å². The molecule has 0 spiro atoms. The van der Waals surface area contributed by atoms with Crippen molar-refractivity contribution in [2.75, 3.05) is 18.5 Å². The Balaban J connectivity index is 1.79. The van der Waals surface area contributed by atoms with Crippen molar-refractivity contribution >= 4 is 17.3 Å². The first-order chi connectivity index (χ1) is 8.79. The molecule has 0 bridgehead atoms. The molecule has 4 heteroatoms. The van der Waals surface area contributed by atoms with Crippen LogP contribution >= 0.6 is 11.6 Å². The fourth-order valence-corrected chi connectivity index (χ4v) is 2.36. The van der Waals surface area contributed by atoms with Crippen LogP contribution < -0.4 is 5.32 Å². The van der Waals surface area contributed by atoms with Gasteiger partial charge in [0.05, 0.1) is 17.4 Å². The number of anilines is 1. The number of rotatable bonds is 5. The number of ether oxygens (including phenoxy) is 1. The zero-order valence-corrected chi connectivity index (χ0v) is 11.0. The van der Waals surface area contributed by atoms with Crippen molar-refractivity contribution in [3.63, 3.8) is 0 Å². The minimum Gasteiger partial charge on any atom is -0.384 e. The molecule has 1 N–H and O–H groups in total. The summed E-state index contributed by atoms with van der Waals surface area (Å²) in [4.78, 5) is 0. The van der Waals surface area contributed by atoms with Gasteiger partial charge in [-0.15, -0.1) is 0 Å². The summed E-state index contributed by atoms with van der Waals surface area (Å²) in [6.07, 6.45) is 4.92. The third-order valence-corrected chi connectivity index (χ3v) is 3.38. The predicted octanol–water partition coefficient (Wildman–Crippen LogP) is 3.58. The van der Waals surface area contributed by atoms with E-state index >= 15 is 0 Å². The molecule has 1 aliphatic rings. The lowest BCUT2D eigenvalue weighted by molar-refractivity contribution is 0.103. The number of hydrogen-bond donors (Lipinski definition) is 1. The molecular weight excluding hydrogens is 248 g/mol. The molecule has 0 saturated carbocycles. The van der Waals surface area contributed by atoms with Gasteiger partial charge in [0.1, 0.15) is 6.07 Å². The van der Waals surface area contributed by atoms with Gasteiger partial charge in [0.25, 0.3) is 0 Å². The van der Waals surface area contributed by atoms with Gasteiger partial charge < -0.3 is 10.1 Å². The lowest BCUT2D eigenvalue weighted by Crippen LogP contribution is -2.09. The second-order valence-corrected chi connectivity index (χ2v) is 4.94. The van der Waals surface area contributed by atoms with Crippen LogP contribution in [0.15, 0.2) is 18.2 Å². The molecule has 1 fully saturated rings. The highest BCUT2D eigenvalue weighted by atomic mass is 35.5. The molecular formula is C14H17ClN2O. The summed E-state index contributed by atoms with van der Waals surface area (Å²) in [6.45, 7) is 1.75. The van der Waals surface area contributed by atoms with E-state index in [-0.39, 0.29) is 0 Å². The van der Waals surface area contributed by atoms with Crippen LogP contribution in [0.1, 0.15) is 31.2 Å². The molecule has 1 heterocycles. The zero-order chi connectivity index (χ0) is 12.8. The maximum absolute atomic E-state index is 8.99. The minimum atomic E-state index is 0.432. The van der Waals surface area contributed by atoms with Crippen molar-refractivity contribution in [3.8, 4) is 6.07 Å². The van der Waals surface area contributed by atoms with Gasteiger partial charge in [0, 0.05) is 18.2 Å². The summed E-state index contributed by atoms with van der Waals surface area (Å²) in [7, 11) is 0. The number of nitrogens with one attached hydrogen (secondary N) is 1. The van der Waals surface area contributed by atoms with Crippen LogP contribution in [0.25, 0.3) is 0 Å². The van der Waals surface area contributed by atoms with Crippen molar-refractivity contribution < 1.29 is 4.74 Å². The van der Waals surface area contributed by atoms with Crippen LogP contribution in [0.2, 0.25) is 5.02 Å². The summed E-state index contributed by atoms with van der Waals surface area (Å²) >= 11 is 5.92. The molecule has 1 saturated heterocycles. The molecule has 1 aromatic carbocycles. The van der Waals surface area contributed by atoms with Gasteiger partial charge in [0.15, 0.2) is 0 Å². The normalized spacial score (nSPS) is 18.6. The Hall–Kier alpha value is -1.24. The Bertz CT molecular complexity index is 436. The molecule has 1 aromatic rings. The van der Waals surface area contributed by atoms with Gasteiger partial charge in [-0.2, -0.15) is 5.26 Å². The van der Waals surface area contributed by atoms with Gasteiger partial charge >= 0.3 is 0 Å². The SMILES string of the molecule is N#Cc1ccc(Cl)cc1NCCCC1CCCO1. The number of benzene rings is 1. The largest absolute Gasteiger partial charge is 0.384 e. The standard InChI is InChI=1S/C14H17ClN2O/c15-12-6-5-11(10-16)14(9-12)17-7-1-3-13-4-2-8-18-13/h5-6,9,13,17H,1-4,7-8H2. The average molecular weight is 265 g/mol. The second kappa shape index (κ2) is 6.63. The first-order valence-corrected chi connectivity index (χ1v) is 6.72. The van der Waals surface area contributed by atoms with Crippen molar-refractivity contribution in [1.82, 2.24) is 0 Å². The van der Waals surface area contributed by atoms with E-state index in [9.17, 15) is 0 Å². The maximum atomic E-state index is 8.99. The van der Waals surface area contributed by atoms with E-state index in [0.29, 0.717) is 16.7 Å². The molecule has 96 valence electrons. The highest BCUT2D eigenvalue weighted by molar-refractivity contribution is 6.30. The summed E-state index contributed by atoms with van der Waals surface area (Å²) in [6, 6.07) is 7.43. The summed E-state index contributed by atoms with van der Waals surface area (Å²) in [5.41, 5.74) is 1.45. The van der Waals surface area contributed by atoms with E-state index in [4.69, 9.17) is 21.6 Å². The topological polar surface area (TPSA) is 45.0 Å². The maximum Gasteiger partial charge on any atom is 0.101 e. The molecule has 1 atom stereocenters. The van der Waals surface area contributed by atoms with Crippen molar-refractivity contribution in [1.29, 1.82) is 5.26 Å². The second-order valence-electron chi connectivity index (χ2n) is 4.51. The molecule has 0 aliphatic carbocycles. The Morgan fingerprint density at radius 1 is 1.50 bits per heavy atom. The Kier molecular flexibility index (Phi) is 4.86. The van der Waals surface area contributed by atoms with Gasteiger partial charge in [0.2, 0.25) is 0 Å². The summed E-state index contributed by atoms with van der Waals surface area (Å²) < 4.78 is 5.57. The molecule has 0 amide bonds. The molecule has 0 aromatic heterocycles. The zero-order valence-electron chi connectivity index (χ0n) is 10.3. The van der Waals surface area contributed by atoms with Crippen LogP contribution in [0.3, 0.4) is 0 Å². The molecule has 0 radical (unpaired) electrons. The Morgan fingerprint density at radius 3 is 3.11 bits per heavy atom. The number of hydrogen-bond acceptors (Lipinski definition) is 3. The van der Waals surface area contributed by atoms with Crippen molar-refractivity contribution in [3.05, 3.63) is 28.8 Å². The fraction of sp³-hybridized carbons (Fsp3) is 0.500. The fourth-order valence-electron chi connectivity index (χ4n) is 2.19. The highest BCUT2D eigenvalue weighted by Crippen LogP contribution is 2.21. The van der Waals surface area contributed by atoms with Crippen LogP contribution in [0, 0.1) is 11.3 Å². The summed E-state index contributed by atoms with van der Waals surface area (Å²) in [5, 5.41) is 12.9. The van der Waals surface area contributed by atoms with E-state index < -0.39 is 0 Å². The van der Waals surface area contributed by atoms with Crippen LogP contribution in [0.5, 0.6) is 0 Å². The van der Waals surface area contributed by atoms with E-state index in [2.05, 4.69) is 11.4 Å². The molecule has 3 nitrogen and oxygen atoms in total. The molecule has 2 rings (SSSR count). The van der Waals surface area contributed by atoms with Crippen LogP contribution in [-0.2, 0) is 4.74 Å². The molecule has 18 heavy (non-hydrogen) atoms. The minimum absolute atomic E-state index is 0.432. The van der Waals surface area contributed by atoms with Crippen molar-refractivity contribution in [2.24, 2.45) is 0 Å². The number of nitrogens with zero attached hydrogens (tertiary/aromatic N) is 1. The predicted molar refractivity (Wildman–Crippen MR) is 72.9 cm³/mol. The average Bonchev–Trinajstić information content (AvgIpc) is 2.88. The Labute approximate surface area is 113 Å². The van der Waals surface area contributed by atoms with Gasteiger partial charge in [-0.1, -0.05) is 11.6 Å². The quantitative estimate of drug-likeness (QED) is 0.827. The highest BCUT2D eigenvalue weighted by Gasteiger charge is 2.14. The number of halogens is 1. The van der Waals surface area contributed by atoms with Gasteiger partial charge in [-0.3, -0.25) is 0 Å². The van der Waals surface area contributed by atoms with Gasteiger partial charge in [-0.05, 0) is 43.9 Å². The van der Waals surface area contributed by atoms with Crippen LogP contribution in [-0.4, -0.2) is 19.3 Å². The third-order valence-electron chi connectivity index (χ3n) is 3.14. The molecule has 1 unspecified atom stereocenters. The van der Waals surface area contributed by atoms with E-state index in [0.717, 1.165) is 31.7 Å². The van der Waals surface area contributed by atoms with Gasteiger partial charge in [-0.25, -0.2) is 0 Å². The van der Waals surface area contributed by atoms with Crippen molar-refractivity contribution in [2.45, 2.75) is 31.8 Å². The van der Waals surface area contributed by atoms with E-state index in [1.165, 1.54) is 12.8 Å². The first kappa shape index (κ1) is 13.2. The summed E-state index contributed by atoms with van der Waals surface area (Å²) in [5.74, 6) is 0. The first-order valence-electron chi connectivity index (χ1n) is 6.35. The number of nitriles is 1. The van der Waals surface area contributed by atoms with E-state index in [1.807, 2.05) is 0 Å².